The largest absolute Gasteiger partial charge is 0.480 e. The number of hydrogen-bond donors (Lipinski definition) is 0. The van der Waals surface area contributed by atoms with Gasteiger partial charge in [0.15, 0.2) is 5.76 Å². The molecule has 7 heteroatoms. The molecule has 0 amide bonds. The van der Waals surface area contributed by atoms with Crippen LogP contribution in [0.5, 0.6) is 5.75 Å². The Morgan fingerprint density at radius 3 is 2.76 bits per heavy atom. The number of furan rings is 1. The smallest absolute Gasteiger partial charge is 0.282 e. The number of terminal acetylenes is 1. The van der Waals surface area contributed by atoms with Crippen LogP contribution in [0.4, 0.5) is 0 Å². The maximum Gasteiger partial charge on any atom is 0.282 e. The summed E-state index contributed by atoms with van der Waals surface area (Å²) < 4.78 is 13.4. The van der Waals surface area contributed by atoms with Crippen molar-refractivity contribution in [2.75, 3.05) is 6.61 Å². The molecule has 0 saturated heterocycles. The van der Waals surface area contributed by atoms with Gasteiger partial charge in [0, 0.05) is 5.39 Å². The standard InChI is InChI=1S/C26H16BrN3O3/c1-2-13-32-23-12-11-17(14-20(23)27)16-28-30-25(24-15-18-7-3-6-10-22(18)33-24)29-21-9-5-4-8-19(21)26(30)31/h1,3-12,14-16H,13H2. The molecule has 0 aliphatic carbocycles. The van der Waals surface area contributed by atoms with E-state index in [0.29, 0.717) is 33.8 Å². The molecule has 3 aromatic carbocycles. The lowest BCUT2D eigenvalue weighted by Gasteiger charge is -2.08. The summed E-state index contributed by atoms with van der Waals surface area (Å²) in [5.74, 6) is 3.83. The predicted molar refractivity (Wildman–Crippen MR) is 133 cm³/mol. The monoisotopic (exact) mass is 497 g/mol. The zero-order valence-electron chi connectivity index (χ0n) is 17.2. The number of fused-ring (bicyclic) bond motifs is 2. The molecule has 5 rings (SSSR count). The first-order valence-corrected chi connectivity index (χ1v) is 10.8. The minimum absolute atomic E-state index is 0.172. The molecule has 33 heavy (non-hydrogen) atoms. The lowest BCUT2D eigenvalue weighted by Crippen LogP contribution is -2.20. The first-order chi connectivity index (χ1) is 16.1. The Bertz CT molecular complexity index is 1590. The molecule has 0 unspecified atom stereocenters. The van der Waals surface area contributed by atoms with E-state index in [9.17, 15) is 4.79 Å². The fraction of sp³-hybridized carbons (Fsp3) is 0.0385. The second-order valence-electron chi connectivity index (χ2n) is 7.15. The topological polar surface area (TPSA) is 69.6 Å². The Hall–Kier alpha value is -4.15. The molecule has 0 fully saturated rings. The second kappa shape index (κ2) is 8.77. The van der Waals surface area contributed by atoms with Gasteiger partial charge in [0.1, 0.15) is 17.9 Å². The van der Waals surface area contributed by atoms with Gasteiger partial charge in [-0.2, -0.15) is 9.78 Å². The molecule has 0 radical (unpaired) electrons. The van der Waals surface area contributed by atoms with Crippen molar-refractivity contribution in [1.82, 2.24) is 9.66 Å². The van der Waals surface area contributed by atoms with E-state index in [1.165, 1.54) is 4.68 Å². The van der Waals surface area contributed by atoms with Crippen LogP contribution in [-0.2, 0) is 0 Å². The van der Waals surface area contributed by atoms with Crippen LogP contribution < -0.4 is 10.3 Å². The molecule has 0 bridgehead atoms. The zero-order valence-corrected chi connectivity index (χ0v) is 18.8. The number of hydrogen-bond acceptors (Lipinski definition) is 5. The SMILES string of the molecule is C#CCOc1ccc(C=Nn2c(-c3cc4ccccc4o3)nc3ccccc3c2=O)cc1Br. The van der Waals surface area contributed by atoms with Gasteiger partial charge in [-0.1, -0.05) is 36.3 Å². The molecule has 0 saturated carbocycles. The average Bonchev–Trinajstić information content (AvgIpc) is 3.27. The van der Waals surface area contributed by atoms with Crippen molar-refractivity contribution < 1.29 is 9.15 Å². The summed E-state index contributed by atoms with van der Waals surface area (Å²) >= 11 is 3.47. The van der Waals surface area contributed by atoms with Gasteiger partial charge in [0.2, 0.25) is 5.82 Å². The summed E-state index contributed by atoms with van der Waals surface area (Å²) in [7, 11) is 0. The van der Waals surface area contributed by atoms with Crippen molar-refractivity contribution in [2.24, 2.45) is 5.10 Å². The van der Waals surface area contributed by atoms with Crippen LogP contribution in [0.25, 0.3) is 33.5 Å². The molecular formula is C26H16BrN3O3. The number of para-hydroxylation sites is 2. The third-order valence-electron chi connectivity index (χ3n) is 4.99. The fourth-order valence-corrected chi connectivity index (χ4v) is 3.95. The predicted octanol–water partition coefficient (Wildman–Crippen LogP) is 5.47. The van der Waals surface area contributed by atoms with E-state index in [2.05, 4.69) is 31.9 Å². The van der Waals surface area contributed by atoms with Gasteiger partial charge >= 0.3 is 0 Å². The molecule has 2 heterocycles. The van der Waals surface area contributed by atoms with Crippen molar-refractivity contribution in [1.29, 1.82) is 0 Å². The molecule has 0 aliphatic heterocycles. The van der Waals surface area contributed by atoms with Crippen LogP contribution >= 0.6 is 15.9 Å². The van der Waals surface area contributed by atoms with Crippen molar-refractivity contribution in [3.05, 3.63) is 93.2 Å². The van der Waals surface area contributed by atoms with Gasteiger partial charge < -0.3 is 9.15 Å². The molecule has 2 aromatic heterocycles. The number of benzene rings is 3. The molecule has 0 atom stereocenters. The van der Waals surface area contributed by atoms with Crippen LogP contribution in [0, 0.1) is 12.3 Å². The molecule has 0 aliphatic rings. The number of aromatic nitrogens is 2. The van der Waals surface area contributed by atoms with Crippen LogP contribution in [-0.4, -0.2) is 22.5 Å². The van der Waals surface area contributed by atoms with Crippen molar-refractivity contribution in [2.45, 2.75) is 0 Å². The van der Waals surface area contributed by atoms with Crippen molar-refractivity contribution >= 4 is 44.0 Å². The molecule has 160 valence electrons. The average molecular weight is 498 g/mol. The number of nitrogens with zero attached hydrogens (tertiary/aromatic N) is 3. The highest BCUT2D eigenvalue weighted by atomic mass is 79.9. The first-order valence-electron chi connectivity index (χ1n) is 10.0. The summed E-state index contributed by atoms with van der Waals surface area (Å²) in [6.45, 7) is 0.172. The number of rotatable bonds is 5. The molecular weight excluding hydrogens is 482 g/mol. The lowest BCUT2D eigenvalue weighted by atomic mass is 10.2. The summed E-state index contributed by atoms with van der Waals surface area (Å²) in [6.07, 6.45) is 6.83. The van der Waals surface area contributed by atoms with E-state index < -0.39 is 0 Å². The van der Waals surface area contributed by atoms with Crippen molar-refractivity contribution in [3.63, 3.8) is 0 Å². The maximum absolute atomic E-state index is 13.3. The van der Waals surface area contributed by atoms with Gasteiger partial charge in [0.25, 0.3) is 5.56 Å². The molecule has 5 aromatic rings. The van der Waals surface area contributed by atoms with Crippen LogP contribution in [0.3, 0.4) is 0 Å². The normalized spacial score (nSPS) is 11.3. The zero-order chi connectivity index (χ0) is 22.8. The fourth-order valence-electron chi connectivity index (χ4n) is 3.44. The van der Waals surface area contributed by atoms with Gasteiger partial charge in [0.05, 0.1) is 21.6 Å². The Morgan fingerprint density at radius 2 is 1.94 bits per heavy atom. The quantitative estimate of drug-likeness (QED) is 0.238. The Kier molecular flexibility index (Phi) is 5.51. The summed E-state index contributed by atoms with van der Waals surface area (Å²) in [6, 6.07) is 22.1. The highest BCUT2D eigenvalue weighted by molar-refractivity contribution is 9.10. The van der Waals surface area contributed by atoms with E-state index >= 15 is 0 Å². The first kappa shape index (κ1) is 20.7. The van der Waals surface area contributed by atoms with Gasteiger partial charge in [-0.25, -0.2) is 4.98 Å². The Balaban J connectivity index is 1.63. The van der Waals surface area contributed by atoms with Crippen LogP contribution in [0.1, 0.15) is 5.56 Å². The molecule has 0 N–H and O–H groups in total. The van der Waals surface area contributed by atoms with Crippen molar-refractivity contribution in [3.8, 4) is 29.7 Å². The second-order valence-corrected chi connectivity index (χ2v) is 8.00. The number of ether oxygens (including phenoxy) is 1. The van der Waals surface area contributed by atoms with E-state index in [4.69, 9.17) is 15.6 Å². The third kappa shape index (κ3) is 4.04. The number of halogens is 1. The van der Waals surface area contributed by atoms with Gasteiger partial charge in [-0.15, -0.1) is 6.42 Å². The van der Waals surface area contributed by atoms with E-state index in [1.807, 2.05) is 48.5 Å². The molecule has 0 spiro atoms. The molecule has 6 nitrogen and oxygen atoms in total. The van der Waals surface area contributed by atoms with Gasteiger partial charge in [-0.05, 0) is 64.0 Å². The lowest BCUT2D eigenvalue weighted by molar-refractivity contribution is 0.368. The summed E-state index contributed by atoms with van der Waals surface area (Å²) in [4.78, 5) is 18.0. The van der Waals surface area contributed by atoms with E-state index in [1.54, 1.807) is 30.5 Å². The van der Waals surface area contributed by atoms with Crippen LogP contribution in [0.2, 0.25) is 0 Å². The highest BCUT2D eigenvalue weighted by Crippen LogP contribution is 2.28. The Morgan fingerprint density at radius 1 is 1.12 bits per heavy atom. The maximum atomic E-state index is 13.3. The van der Waals surface area contributed by atoms with Crippen LogP contribution in [0.15, 0.2) is 91.6 Å². The minimum Gasteiger partial charge on any atom is -0.480 e. The Labute approximate surface area is 197 Å². The third-order valence-corrected chi connectivity index (χ3v) is 5.61. The van der Waals surface area contributed by atoms with E-state index in [0.717, 1.165) is 15.4 Å². The summed E-state index contributed by atoms with van der Waals surface area (Å²) in [5, 5.41) is 5.85. The summed E-state index contributed by atoms with van der Waals surface area (Å²) in [5.41, 5.74) is 1.74. The van der Waals surface area contributed by atoms with E-state index in [-0.39, 0.29) is 12.2 Å². The minimum atomic E-state index is -0.291. The van der Waals surface area contributed by atoms with Gasteiger partial charge in [-0.3, -0.25) is 4.79 Å². The highest BCUT2D eigenvalue weighted by Gasteiger charge is 2.16.